The van der Waals surface area contributed by atoms with Crippen molar-refractivity contribution in [2.45, 2.75) is 38.6 Å². The van der Waals surface area contributed by atoms with Crippen LogP contribution in [0.15, 0.2) is 97.1 Å². The summed E-state index contributed by atoms with van der Waals surface area (Å²) in [5.74, 6) is 0.0900. The molecule has 0 amide bonds. The van der Waals surface area contributed by atoms with E-state index in [4.69, 9.17) is 15.2 Å². The summed E-state index contributed by atoms with van der Waals surface area (Å²) in [7, 11) is 0. The van der Waals surface area contributed by atoms with E-state index in [1.54, 1.807) is 12.1 Å². The maximum absolute atomic E-state index is 11.0. The van der Waals surface area contributed by atoms with Crippen LogP contribution in [0.3, 0.4) is 0 Å². The van der Waals surface area contributed by atoms with Gasteiger partial charge in [0.2, 0.25) is 0 Å². The van der Waals surface area contributed by atoms with Crippen LogP contribution in [0.5, 0.6) is 0 Å². The van der Waals surface area contributed by atoms with Crippen LogP contribution < -0.4 is 10.6 Å². The third-order valence-corrected chi connectivity index (χ3v) is 9.04. The average Bonchev–Trinajstić information content (AvgIpc) is 3.09. The minimum atomic E-state index is -0.528. The lowest BCUT2D eigenvalue weighted by molar-refractivity contribution is -0.384. The number of nitro groups is 1. The first kappa shape index (κ1) is 30.9. The molecule has 2 aliphatic rings. The number of nitrogens with two attached hydrogens (primary N) is 1. The molecule has 0 aliphatic carbocycles. The highest BCUT2D eigenvalue weighted by molar-refractivity contribution is 5.64. The van der Waals surface area contributed by atoms with Crippen LogP contribution in [0, 0.1) is 16.0 Å². The Labute approximate surface area is 264 Å². The number of nitrogens with zero attached hydrogens (tertiary/aromatic N) is 3. The van der Waals surface area contributed by atoms with E-state index in [1.165, 1.54) is 0 Å². The quantitative estimate of drug-likeness (QED) is 0.180. The van der Waals surface area contributed by atoms with Crippen molar-refractivity contribution in [2.24, 2.45) is 11.7 Å². The Bertz CT molecular complexity index is 1570. The molecule has 2 saturated heterocycles. The van der Waals surface area contributed by atoms with Crippen molar-refractivity contribution < 1.29 is 19.5 Å². The summed E-state index contributed by atoms with van der Waals surface area (Å²) < 4.78 is 13.4. The molecule has 0 aromatic heterocycles. The molecule has 2 aliphatic heterocycles. The minimum Gasteiger partial charge on any atom is -0.392 e. The average molecular weight is 609 g/mol. The van der Waals surface area contributed by atoms with E-state index in [-0.39, 0.29) is 35.3 Å². The summed E-state index contributed by atoms with van der Waals surface area (Å²) in [5, 5.41) is 20.6. The number of rotatable bonds is 9. The minimum absolute atomic E-state index is 0.00209. The van der Waals surface area contributed by atoms with Gasteiger partial charge in [-0.3, -0.25) is 15.0 Å². The standard InChI is InChI=1S/C36H40N4O5/c1-25-34(23-38-17-19-39(20-18-38)32-13-15-33(16-14-32)40(42)43)44-36(45-35(25)29-7-5-26(24-41)6-8-29)30-11-9-28(10-12-30)31-4-2-3-27(21-31)22-37/h2-16,21,25,34-36,41H,17-20,22-24,37H2,1H3. The molecule has 45 heavy (non-hydrogen) atoms. The van der Waals surface area contributed by atoms with Gasteiger partial charge in [0.05, 0.1) is 23.7 Å². The molecule has 234 valence electrons. The van der Waals surface area contributed by atoms with E-state index in [0.717, 1.165) is 71.8 Å². The van der Waals surface area contributed by atoms with Crippen LogP contribution in [0.1, 0.15) is 41.6 Å². The van der Waals surface area contributed by atoms with Gasteiger partial charge < -0.3 is 25.2 Å². The lowest BCUT2D eigenvalue weighted by atomic mass is 9.89. The highest BCUT2D eigenvalue weighted by Crippen LogP contribution is 2.42. The molecule has 4 atom stereocenters. The van der Waals surface area contributed by atoms with Gasteiger partial charge in [-0.25, -0.2) is 0 Å². The Morgan fingerprint density at radius 2 is 1.53 bits per heavy atom. The first-order chi connectivity index (χ1) is 21.9. The van der Waals surface area contributed by atoms with Crippen molar-refractivity contribution in [2.75, 3.05) is 37.6 Å². The third-order valence-electron chi connectivity index (χ3n) is 9.04. The van der Waals surface area contributed by atoms with E-state index in [0.29, 0.717) is 6.54 Å². The molecule has 4 aromatic carbocycles. The van der Waals surface area contributed by atoms with E-state index < -0.39 is 6.29 Å². The number of aliphatic hydroxyl groups excluding tert-OH is 1. The molecule has 9 heteroatoms. The van der Waals surface area contributed by atoms with Gasteiger partial charge in [0.15, 0.2) is 6.29 Å². The lowest BCUT2D eigenvalue weighted by Crippen LogP contribution is -2.51. The summed E-state index contributed by atoms with van der Waals surface area (Å²) >= 11 is 0. The third kappa shape index (κ3) is 7.08. The molecule has 0 spiro atoms. The van der Waals surface area contributed by atoms with Gasteiger partial charge in [-0.15, -0.1) is 0 Å². The molecular weight excluding hydrogens is 568 g/mol. The van der Waals surface area contributed by atoms with Crippen LogP contribution in [-0.4, -0.2) is 53.8 Å². The Kier molecular flexibility index (Phi) is 9.53. The highest BCUT2D eigenvalue weighted by Gasteiger charge is 2.39. The van der Waals surface area contributed by atoms with Gasteiger partial charge in [-0.2, -0.15) is 0 Å². The largest absolute Gasteiger partial charge is 0.392 e. The van der Waals surface area contributed by atoms with Crippen molar-refractivity contribution >= 4 is 11.4 Å². The first-order valence-corrected chi connectivity index (χ1v) is 15.5. The molecule has 0 bridgehead atoms. The fraction of sp³-hybridized carbons (Fsp3) is 0.333. The number of piperazine rings is 1. The maximum atomic E-state index is 11.0. The van der Waals surface area contributed by atoms with E-state index >= 15 is 0 Å². The van der Waals surface area contributed by atoms with Gasteiger partial charge in [-0.1, -0.05) is 73.7 Å². The fourth-order valence-electron chi connectivity index (χ4n) is 6.27. The molecule has 3 N–H and O–H groups in total. The van der Waals surface area contributed by atoms with Gasteiger partial charge in [-0.05, 0) is 46.0 Å². The molecule has 0 saturated carbocycles. The SMILES string of the molecule is CC1C(CN2CCN(c3ccc([N+](=O)[O-])cc3)CC2)OC(c2ccc(-c3cccc(CN)c3)cc2)OC1c1ccc(CO)cc1. The Balaban J connectivity index is 1.18. The topological polar surface area (TPSA) is 114 Å². The van der Waals surface area contributed by atoms with Crippen LogP contribution in [0.2, 0.25) is 0 Å². The van der Waals surface area contributed by atoms with Gasteiger partial charge in [0.25, 0.3) is 5.69 Å². The first-order valence-electron chi connectivity index (χ1n) is 15.5. The number of aliphatic hydroxyl groups is 1. The zero-order chi connectivity index (χ0) is 31.3. The van der Waals surface area contributed by atoms with Crippen molar-refractivity contribution in [3.63, 3.8) is 0 Å². The normalized spacial score (nSPS) is 22.3. The Morgan fingerprint density at radius 1 is 0.844 bits per heavy atom. The Hall–Kier alpha value is -4.12. The lowest BCUT2D eigenvalue weighted by Gasteiger charge is -2.44. The molecule has 4 unspecified atom stereocenters. The second-order valence-corrected chi connectivity index (χ2v) is 11.9. The van der Waals surface area contributed by atoms with Gasteiger partial charge in [0, 0.05) is 68.6 Å². The highest BCUT2D eigenvalue weighted by atomic mass is 16.7. The van der Waals surface area contributed by atoms with E-state index in [2.05, 4.69) is 53.1 Å². The molecular formula is C36H40N4O5. The van der Waals surface area contributed by atoms with E-state index in [1.807, 2.05) is 48.5 Å². The Morgan fingerprint density at radius 3 is 2.18 bits per heavy atom. The van der Waals surface area contributed by atoms with Crippen LogP contribution >= 0.6 is 0 Å². The summed E-state index contributed by atoms with van der Waals surface area (Å²) in [6, 6.07) is 31.4. The smallest absolute Gasteiger partial charge is 0.269 e. The zero-order valence-corrected chi connectivity index (χ0v) is 25.5. The van der Waals surface area contributed by atoms with Crippen molar-refractivity contribution in [1.82, 2.24) is 4.90 Å². The summed E-state index contributed by atoms with van der Waals surface area (Å²) in [5.41, 5.74) is 13.2. The molecule has 4 aromatic rings. The number of hydrogen-bond acceptors (Lipinski definition) is 8. The predicted molar refractivity (Wildman–Crippen MR) is 174 cm³/mol. The second kappa shape index (κ2) is 13.9. The maximum Gasteiger partial charge on any atom is 0.269 e. The number of hydrogen-bond donors (Lipinski definition) is 2. The van der Waals surface area contributed by atoms with Crippen molar-refractivity contribution in [3.8, 4) is 11.1 Å². The van der Waals surface area contributed by atoms with Gasteiger partial charge >= 0.3 is 0 Å². The number of non-ortho nitro benzene ring substituents is 1. The van der Waals surface area contributed by atoms with Crippen LogP contribution in [-0.2, 0) is 22.6 Å². The summed E-state index contributed by atoms with van der Waals surface area (Å²) in [4.78, 5) is 15.4. The van der Waals surface area contributed by atoms with Gasteiger partial charge in [0.1, 0.15) is 0 Å². The van der Waals surface area contributed by atoms with Crippen molar-refractivity contribution in [3.05, 3.63) is 129 Å². The molecule has 2 heterocycles. The number of anilines is 1. The molecule has 9 nitrogen and oxygen atoms in total. The zero-order valence-electron chi connectivity index (χ0n) is 25.5. The number of nitro benzene ring substituents is 1. The molecule has 0 radical (unpaired) electrons. The van der Waals surface area contributed by atoms with Crippen LogP contribution in [0.4, 0.5) is 11.4 Å². The number of ether oxygens (including phenoxy) is 2. The van der Waals surface area contributed by atoms with Crippen molar-refractivity contribution in [1.29, 1.82) is 0 Å². The second-order valence-electron chi connectivity index (χ2n) is 11.9. The molecule has 6 rings (SSSR count). The molecule has 2 fully saturated rings. The van der Waals surface area contributed by atoms with E-state index in [9.17, 15) is 15.2 Å². The predicted octanol–water partition coefficient (Wildman–Crippen LogP) is 5.83. The van der Waals surface area contributed by atoms with Crippen LogP contribution in [0.25, 0.3) is 11.1 Å². The monoisotopic (exact) mass is 608 g/mol. The summed E-state index contributed by atoms with van der Waals surface area (Å²) in [6.07, 6.45) is -0.776. The fourth-order valence-corrected chi connectivity index (χ4v) is 6.27. The number of benzene rings is 4. The summed E-state index contributed by atoms with van der Waals surface area (Å²) in [6.45, 7) is 6.85.